The quantitative estimate of drug-likeness (QED) is 0.632. The summed E-state index contributed by atoms with van der Waals surface area (Å²) in [6, 6.07) is 8.72. The Kier molecular flexibility index (Phi) is 3.03. The van der Waals surface area contributed by atoms with E-state index < -0.39 is 0 Å². The third-order valence-corrected chi connectivity index (χ3v) is 5.99. The normalized spacial score (nSPS) is 18.1. The van der Waals surface area contributed by atoms with Gasteiger partial charge in [0.05, 0.1) is 0 Å². The van der Waals surface area contributed by atoms with Gasteiger partial charge in [0.2, 0.25) is 0 Å². The Hall–Kier alpha value is -0.340. The summed E-state index contributed by atoms with van der Waals surface area (Å²) in [6.45, 7) is 0. The second kappa shape index (κ2) is 4.50. The maximum atomic E-state index is 3.80. The Bertz CT molecular complexity index is 494. The molecule has 1 aliphatic carbocycles. The van der Waals surface area contributed by atoms with E-state index in [-0.39, 0.29) is 0 Å². The highest BCUT2D eigenvalue weighted by atomic mass is 79.9. The fraction of sp³-hybridized carbons (Fsp3) is 0.429. The first-order valence-corrected chi connectivity index (χ1v) is 7.64. The van der Waals surface area contributed by atoms with Crippen molar-refractivity contribution >= 4 is 37.4 Å². The molecule has 16 heavy (non-hydrogen) atoms. The zero-order valence-electron chi connectivity index (χ0n) is 9.21. The van der Waals surface area contributed by atoms with Gasteiger partial charge < -0.3 is 0 Å². The van der Waals surface area contributed by atoms with Crippen LogP contribution in [0.15, 0.2) is 28.7 Å². The number of thiophene rings is 1. The van der Waals surface area contributed by atoms with Crippen LogP contribution in [0.3, 0.4) is 0 Å². The lowest BCUT2D eigenvalue weighted by Gasteiger charge is -2.20. The lowest BCUT2D eigenvalue weighted by Crippen LogP contribution is -2.02. The highest BCUT2D eigenvalue weighted by Crippen LogP contribution is 2.44. The first kappa shape index (κ1) is 10.8. The van der Waals surface area contributed by atoms with Crippen LogP contribution in [0.2, 0.25) is 0 Å². The van der Waals surface area contributed by atoms with Crippen molar-refractivity contribution in [2.75, 3.05) is 0 Å². The van der Waals surface area contributed by atoms with Gasteiger partial charge in [-0.15, -0.1) is 11.3 Å². The van der Waals surface area contributed by atoms with Gasteiger partial charge in [0, 0.05) is 19.4 Å². The first-order chi connectivity index (χ1) is 7.86. The molecule has 1 saturated carbocycles. The molecule has 1 aromatic carbocycles. The smallest absolute Gasteiger partial charge is 0.0396 e. The molecule has 0 amide bonds. The average Bonchev–Trinajstić information content (AvgIpc) is 2.69. The molecule has 1 fully saturated rings. The summed E-state index contributed by atoms with van der Waals surface area (Å²) in [5, 5.41) is 1.40. The molecule has 84 valence electrons. The maximum absolute atomic E-state index is 3.80. The first-order valence-electron chi connectivity index (χ1n) is 6.03. The second-order valence-corrected chi connectivity index (χ2v) is 6.49. The predicted octanol–water partition coefficient (Wildman–Crippen LogP) is 5.71. The van der Waals surface area contributed by atoms with E-state index in [4.69, 9.17) is 0 Å². The molecule has 0 radical (unpaired) electrons. The van der Waals surface area contributed by atoms with E-state index in [2.05, 4.69) is 40.2 Å². The minimum atomic E-state index is 0.806. The highest BCUT2D eigenvalue weighted by Gasteiger charge is 2.21. The number of hydrogen-bond acceptors (Lipinski definition) is 1. The average molecular weight is 295 g/mol. The van der Waals surface area contributed by atoms with Crippen LogP contribution in [0, 0.1) is 0 Å². The van der Waals surface area contributed by atoms with Gasteiger partial charge in [-0.3, -0.25) is 0 Å². The molecular formula is C14H15BrS. The highest BCUT2D eigenvalue weighted by molar-refractivity contribution is 9.10. The minimum Gasteiger partial charge on any atom is -0.139 e. The van der Waals surface area contributed by atoms with E-state index in [1.807, 2.05) is 11.3 Å². The van der Waals surface area contributed by atoms with Crippen LogP contribution in [0.5, 0.6) is 0 Å². The van der Waals surface area contributed by atoms with E-state index in [1.165, 1.54) is 46.7 Å². The standard InChI is InChI=1S/C14H15BrS/c15-13-11-8-4-5-9-12(11)16-14(13)10-6-2-1-3-7-10/h4-5,8-10H,1-3,6-7H2. The van der Waals surface area contributed by atoms with Crippen molar-refractivity contribution < 1.29 is 0 Å². The Morgan fingerprint density at radius 1 is 1.06 bits per heavy atom. The van der Waals surface area contributed by atoms with E-state index in [0.717, 1.165) is 5.92 Å². The maximum Gasteiger partial charge on any atom is 0.0396 e. The van der Waals surface area contributed by atoms with Crippen molar-refractivity contribution in [2.24, 2.45) is 0 Å². The molecule has 2 heteroatoms. The van der Waals surface area contributed by atoms with E-state index in [9.17, 15) is 0 Å². The molecule has 3 rings (SSSR count). The number of hydrogen-bond donors (Lipinski definition) is 0. The Morgan fingerprint density at radius 3 is 2.56 bits per heavy atom. The molecule has 0 spiro atoms. The third-order valence-electron chi connectivity index (χ3n) is 3.54. The molecule has 0 unspecified atom stereocenters. The Balaban J connectivity index is 2.05. The Labute approximate surface area is 109 Å². The molecule has 1 aliphatic rings. The monoisotopic (exact) mass is 294 g/mol. The summed E-state index contributed by atoms with van der Waals surface area (Å²) >= 11 is 5.78. The number of halogens is 1. The summed E-state index contributed by atoms with van der Waals surface area (Å²) in [5.74, 6) is 0.806. The number of benzene rings is 1. The van der Waals surface area contributed by atoms with Crippen molar-refractivity contribution in [3.05, 3.63) is 33.6 Å². The molecule has 0 nitrogen and oxygen atoms in total. The molecule has 0 N–H and O–H groups in total. The van der Waals surface area contributed by atoms with Crippen molar-refractivity contribution in [2.45, 2.75) is 38.0 Å². The summed E-state index contributed by atoms with van der Waals surface area (Å²) in [7, 11) is 0. The van der Waals surface area contributed by atoms with Gasteiger partial charge in [0.15, 0.2) is 0 Å². The van der Waals surface area contributed by atoms with Gasteiger partial charge in [-0.25, -0.2) is 0 Å². The molecule has 0 saturated heterocycles. The fourth-order valence-corrected chi connectivity index (χ4v) is 4.97. The van der Waals surface area contributed by atoms with Crippen LogP contribution in [0.4, 0.5) is 0 Å². The largest absolute Gasteiger partial charge is 0.139 e. The van der Waals surface area contributed by atoms with E-state index in [1.54, 1.807) is 4.88 Å². The molecule has 1 heterocycles. The van der Waals surface area contributed by atoms with Gasteiger partial charge in [-0.05, 0) is 40.8 Å². The third kappa shape index (κ3) is 1.82. The lowest BCUT2D eigenvalue weighted by molar-refractivity contribution is 0.447. The van der Waals surface area contributed by atoms with Gasteiger partial charge in [0.25, 0.3) is 0 Å². The number of fused-ring (bicyclic) bond motifs is 1. The van der Waals surface area contributed by atoms with Gasteiger partial charge in [0.1, 0.15) is 0 Å². The van der Waals surface area contributed by atoms with Crippen LogP contribution in [0.1, 0.15) is 42.9 Å². The fourth-order valence-electron chi connectivity index (χ4n) is 2.66. The molecular weight excluding hydrogens is 280 g/mol. The van der Waals surface area contributed by atoms with E-state index >= 15 is 0 Å². The van der Waals surface area contributed by atoms with Gasteiger partial charge in [-0.2, -0.15) is 0 Å². The second-order valence-electron chi connectivity index (χ2n) is 4.61. The number of rotatable bonds is 1. The predicted molar refractivity (Wildman–Crippen MR) is 75.4 cm³/mol. The summed E-state index contributed by atoms with van der Waals surface area (Å²) in [6.07, 6.45) is 7.01. The molecule has 0 aliphatic heterocycles. The summed E-state index contributed by atoms with van der Waals surface area (Å²) < 4.78 is 2.79. The van der Waals surface area contributed by atoms with Crippen LogP contribution < -0.4 is 0 Å². The summed E-state index contributed by atoms with van der Waals surface area (Å²) in [4.78, 5) is 1.58. The Morgan fingerprint density at radius 2 is 1.81 bits per heavy atom. The zero-order valence-corrected chi connectivity index (χ0v) is 11.6. The van der Waals surface area contributed by atoms with Crippen molar-refractivity contribution in [3.63, 3.8) is 0 Å². The molecule has 1 aromatic heterocycles. The van der Waals surface area contributed by atoms with Crippen molar-refractivity contribution in [3.8, 4) is 0 Å². The SMILES string of the molecule is Brc1c(C2CCCCC2)sc2ccccc12. The van der Waals surface area contributed by atoms with Crippen LogP contribution in [0.25, 0.3) is 10.1 Å². The van der Waals surface area contributed by atoms with Gasteiger partial charge >= 0.3 is 0 Å². The molecule has 0 bridgehead atoms. The van der Waals surface area contributed by atoms with E-state index in [0.29, 0.717) is 0 Å². The van der Waals surface area contributed by atoms with Crippen LogP contribution in [-0.2, 0) is 0 Å². The minimum absolute atomic E-state index is 0.806. The van der Waals surface area contributed by atoms with Crippen LogP contribution in [-0.4, -0.2) is 0 Å². The van der Waals surface area contributed by atoms with Gasteiger partial charge in [-0.1, -0.05) is 37.5 Å². The van der Waals surface area contributed by atoms with Crippen LogP contribution >= 0.6 is 27.3 Å². The zero-order chi connectivity index (χ0) is 11.0. The van der Waals surface area contributed by atoms with Crippen molar-refractivity contribution in [1.82, 2.24) is 0 Å². The van der Waals surface area contributed by atoms with Crippen molar-refractivity contribution in [1.29, 1.82) is 0 Å². The molecule has 0 atom stereocenters. The lowest BCUT2D eigenvalue weighted by atomic mass is 9.88. The molecule has 2 aromatic rings. The summed E-state index contributed by atoms with van der Waals surface area (Å²) in [5.41, 5.74) is 0. The topological polar surface area (TPSA) is 0 Å².